The summed E-state index contributed by atoms with van der Waals surface area (Å²) in [6.45, 7) is 5.13. The first-order valence-corrected chi connectivity index (χ1v) is 7.42. The van der Waals surface area contributed by atoms with Crippen molar-refractivity contribution in [2.24, 2.45) is 5.92 Å². The Bertz CT molecular complexity index is 370. The van der Waals surface area contributed by atoms with Crippen LogP contribution in [0.2, 0.25) is 0 Å². The van der Waals surface area contributed by atoms with Crippen molar-refractivity contribution in [3.05, 3.63) is 0 Å². The number of amides is 2. The first-order chi connectivity index (χ1) is 9.43. The SMILES string of the molecule is CC1CCC(NC(=O)N2CCN(C)CC2)(C(=O)O)CC1. The van der Waals surface area contributed by atoms with Gasteiger partial charge in [-0.1, -0.05) is 6.92 Å². The summed E-state index contributed by atoms with van der Waals surface area (Å²) < 4.78 is 0. The summed E-state index contributed by atoms with van der Waals surface area (Å²) in [5.41, 5.74) is -1.06. The van der Waals surface area contributed by atoms with Gasteiger partial charge in [-0.15, -0.1) is 0 Å². The van der Waals surface area contributed by atoms with E-state index in [1.807, 2.05) is 7.05 Å². The molecule has 2 N–H and O–H groups in total. The van der Waals surface area contributed by atoms with Crippen LogP contribution in [0.15, 0.2) is 0 Å². The maximum Gasteiger partial charge on any atom is 0.329 e. The zero-order valence-corrected chi connectivity index (χ0v) is 12.4. The van der Waals surface area contributed by atoms with E-state index < -0.39 is 11.5 Å². The van der Waals surface area contributed by atoms with E-state index in [2.05, 4.69) is 17.1 Å². The van der Waals surface area contributed by atoms with Gasteiger partial charge in [-0.05, 0) is 38.6 Å². The second kappa shape index (κ2) is 5.99. The maximum atomic E-state index is 12.3. The van der Waals surface area contributed by atoms with Crippen LogP contribution in [0.4, 0.5) is 4.79 Å². The third-order valence-corrected chi connectivity index (χ3v) is 4.67. The van der Waals surface area contributed by atoms with Crippen LogP contribution < -0.4 is 5.32 Å². The summed E-state index contributed by atoms with van der Waals surface area (Å²) in [5, 5.41) is 12.3. The summed E-state index contributed by atoms with van der Waals surface area (Å²) in [6.07, 6.45) is 2.77. The molecule has 0 spiro atoms. The molecule has 1 heterocycles. The average molecular weight is 283 g/mol. The van der Waals surface area contributed by atoms with Gasteiger partial charge in [-0.2, -0.15) is 0 Å². The number of rotatable bonds is 2. The van der Waals surface area contributed by atoms with Gasteiger partial charge in [-0.3, -0.25) is 0 Å². The monoisotopic (exact) mass is 283 g/mol. The molecule has 0 bridgehead atoms. The summed E-state index contributed by atoms with van der Waals surface area (Å²) in [4.78, 5) is 27.8. The smallest absolute Gasteiger partial charge is 0.329 e. The number of carboxylic acids is 1. The molecular weight excluding hydrogens is 258 g/mol. The molecule has 6 nitrogen and oxygen atoms in total. The fourth-order valence-electron chi connectivity index (χ4n) is 2.94. The molecule has 6 heteroatoms. The molecule has 0 aromatic heterocycles. The highest BCUT2D eigenvalue weighted by Gasteiger charge is 2.43. The first-order valence-electron chi connectivity index (χ1n) is 7.42. The van der Waals surface area contributed by atoms with Crippen LogP contribution in [-0.4, -0.2) is 65.7 Å². The highest BCUT2D eigenvalue weighted by atomic mass is 16.4. The minimum atomic E-state index is -1.06. The standard InChI is InChI=1S/C14H25N3O3/c1-11-3-5-14(6-4-11,12(18)19)15-13(20)17-9-7-16(2)8-10-17/h11H,3-10H2,1-2H3,(H,15,20)(H,18,19). The summed E-state index contributed by atoms with van der Waals surface area (Å²) in [6, 6.07) is -0.227. The molecule has 0 atom stereocenters. The lowest BCUT2D eigenvalue weighted by molar-refractivity contribution is -0.146. The van der Waals surface area contributed by atoms with E-state index in [9.17, 15) is 14.7 Å². The molecular formula is C14H25N3O3. The topological polar surface area (TPSA) is 72.9 Å². The Morgan fingerprint density at radius 2 is 1.70 bits per heavy atom. The average Bonchev–Trinajstić information content (AvgIpc) is 2.42. The molecule has 0 aromatic rings. The molecule has 1 saturated heterocycles. The van der Waals surface area contributed by atoms with Crippen molar-refractivity contribution in [3.8, 4) is 0 Å². The van der Waals surface area contributed by atoms with Crippen LogP contribution in [0.5, 0.6) is 0 Å². The van der Waals surface area contributed by atoms with E-state index in [0.717, 1.165) is 25.9 Å². The number of carbonyl (C=O) groups excluding carboxylic acids is 1. The molecule has 0 aromatic carbocycles. The number of likely N-dealkylation sites (N-methyl/N-ethyl adjacent to an activating group) is 1. The van der Waals surface area contributed by atoms with Crippen LogP contribution in [0.3, 0.4) is 0 Å². The van der Waals surface area contributed by atoms with Gasteiger partial charge in [0.15, 0.2) is 0 Å². The van der Waals surface area contributed by atoms with Gasteiger partial charge in [0.05, 0.1) is 0 Å². The van der Waals surface area contributed by atoms with E-state index in [1.165, 1.54) is 0 Å². The summed E-state index contributed by atoms with van der Waals surface area (Å²) in [5.74, 6) is -0.352. The lowest BCUT2D eigenvalue weighted by Gasteiger charge is -2.39. The van der Waals surface area contributed by atoms with Crippen molar-refractivity contribution in [2.45, 2.75) is 38.1 Å². The van der Waals surface area contributed by atoms with Crippen molar-refractivity contribution >= 4 is 12.0 Å². The van der Waals surface area contributed by atoms with Crippen LogP contribution >= 0.6 is 0 Å². The molecule has 1 aliphatic carbocycles. The molecule has 2 aliphatic rings. The zero-order valence-electron chi connectivity index (χ0n) is 12.4. The third-order valence-electron chi connectivity index (χ3n) is 4.67. The lowest BCUT2D eigenvalue weighted by Crippen LogP contribution is -2.61. The quantitative estimate of drug-likeness (QED) is 0.792. The highest BCUT2D eigenvalue weighted by Crippen LogP contribution is 2.32. The summed E-state index contributed by atoms with van der Waals surface area (Å²) in [7, 11) is 2.02. The Morgan fingerprint density at radius 3 is 2.20 bits per heavy atom. The number of nitrogens with zero attached hydrogens (tertiary/aromatic N) is 2. The predicted molar refractivity (Wildman–Crippen MR) is 75.6 cm³/mol. The van der Waals surface area contributed by atoms with Crippen molar-refractivity contribution in [2.75, 3.05) is 33.2 Å². The number of hydrogen-bond acceptors (Lipinski definition) is 3. The van der Waals surface area contributed by atoms with Crippen LogP contribution in [0.1, 0.15) is 32.6 Å². The minimum Gasteiger partial charge on any atom is -0.480 e. The van der Waals surface area contributed by atoms with Gasteiger partial charge in [0.1, 0.15) is 5.54 Å². The van der Waals surface area contributed by atoms with Gasteiger partial charge in [0.25, 0.3) is 0 Å². The van der Waals surface area contributed by atoms with E-state index in [4.69, 9.17) is 0 Å². The Kier molecular flexibility index (Phi) is 4.52. The van der Waals surface area contributed by atoms with E-state index >= 15 is 0 Å². The molecule has 0 radical (unpaired) electrons. The van der Waals surface area contributed by atoms with Crippen molar-refractivity contribution in [3.63, 3.8) is 0 Å². The number of carboxylic acid groups (broad SMARTS) is 1. The maximum absolute atomic E-state index is 12.3. The Balaban J connectivity index is 1.98. The van der Waals surface area contributed by atoms with Crippen LogP contribution in [-0.2, 0) is 4.79 Å². The Morgan fingerprint density at radius 1 is 1.15 bits per heavy atom. The number of aliphatic carboxylic acids is 1. The molecule has 2 rings (SSSR count). The van der Waals surface area contributed by atoms with Gasteiger partial charge in [0, 0.05) is 26.2 Å². The first kappa shape index (κ1) is 15.1. The van der Waals surface area contributed by atoms with Gasteiger partial charge in [-0.25, -0.2) is 9.59 Å². The molecule has 2 amide bonds. The molecule has 20 heavy (non-hydrogen) atoms. The fraction of sp³-hybridized carbons (Fsp3) is 0.857. The van der Waals surface area contributed by atoms with Crippen LogP contribution in [0.25, 0.3) is 0 Å². The van der Waals surface area contributed by atoms with Crippen molar-refractivity contribution in [1.29, 1.82) is 0 Å². The normalized spacial score (nSPS) is 31.9. The predicted octanol–water partition coefficient (Wildman–Crippen LogP) is 0.977. The fourth-order valence-corrected chi connectivity index (χ4v) is 2.94. The number of hydrogen-bond donors (Lipinski definition) is 2. The van der Waals surface area contributed by atoms with Gasteiger partial charge >= 0.3 is 12.0 Å². The van der Waals surface area contributed by atoms with Crippen molar-refractivity contribution < 1.29 is 14.7 Å². The number of nitrogens with one attached hydrogen (secondary N) is 1. The van der Waals surface area contributed by atoms with Crippen molar-refractivity contribution in [1.82, 2.24) is 15.1 Å². The van der Waals surface area contributed by atoms with E-state index in [-0.39, 0.29) is 6.03 Å². The number of urea groups is 1. The highest BCUT2D eigenvalue weighted by molar-refractivity contribution is 5.86. The van der Waals surface area contributed by atoms with E-state index in [1.54, 1.807) is 4.90 Å². The number of carbonyl (C=O) groups is 2. The molecule has 0 unspecified atom stereocenters. The largest absolute Gasteiger partial charge is 0.480 e. The minimum absolute atomic E-state index is 0.227. The van der Waals surface area contributed by atoms with E-state index in [0.29, 0.717) is 31.8 Å². The third kappa shape index (κ3) is 3.23. The molecule has 114 valence electrons. The number of piperazine rings is 1. The second-order valence-electron chi connectivity index (χ2n) is 6.29. The second-order valence-corrected chi connectivity index (χ2v) is 6.29. The zero-order chi connectivity index (χ0) is 14.8. The molecule has 2 fully saturated rings. The van der Waals surface area contributed by atoms with Gasteiger partial charge < -0.3 is 20.2 Å². The summed E-state index contributed by atoms with van der Waals surface area (Å²) >= 11 is 0. The van der Waals surface area contributed by atoms with Crippen LogP contribution in [0, 0.1) is 5.92 Å². The molecule has 1 aliphatic heterocycles. The molecule has 1 saturated carbocycles. The van der Waals surface area contributed by atoms with Gasteiger partial charge in [0.2, 0.25) is 0 Å². The lowest BCUT2D eigenvalue weighted by atomic mass is 9.77. The Hall–Kier alpha value is -1.30. The Labute approximate surface area is 120 Å².